The minimum Gasteiger partial charge on any atom is -0.370 e. The van der Waals surface area contributed by atoms with E-state index in [4.69, 9.17) is 0 Å². The normalized spacial score (nSPS) is 18.3. The van der Waals surface area contributed by atoms with Gasteiger partial charge < -0.3 is 9.80 Å². The van der Waals surface area contributed by atoms with E-state index in [9.17, 15) is 0 Å². The van der Waals surface area contributed by atoms with Gasteiger partial charge in [-0.2, -0.15) is 0 Å². The molecule has 2 heterocycles. The molecule has 1 fully saturated rings. The fourth-order valence-corrected chi connectivity index (χ4v) is 2.76. The monoisotopic (exact) mass is 268 g/mol. The summed E-state index contributed by atoms with van der Waals surface area (Å²) in [6, 6.07) is 13.1. The van der Waals surface area contributed by atoms with E-state index in [0.717, 1.165) is 31.2 Å². The second-order valence-electron chi connectivity index (χ2n) is 5.30. The number of aryl methyl sites for hydroxylation is 1. The number of likely N-dealkylation sites (N-methyl/N-ethyl adjacent to an activating group) is 1. The molecule has 1 atom stereocenters. The molecule has 4 heteroatoms. The van der Waals surface area contributed by atoms with Crippen LogP contribution in [0.25, 0.3) is 0 Å². The molecule has 0 bridgehead atoms. The van der Waals surface area contributed by atoms with Gasteiger partial charge in [-0.1, -0.05) is 18.2 Å². The molecule has 0 saturated carbocycles. The van der Waals surface area contributed by atoms with E-state index in [2.05, 4.69) is 57.1 Å². The molecule has 0 amide bonds. The first-order chi connectivity index (χ1) is 9.74. The fraction of sp³-hybridized carbons (Fsp3) is 0.375. The van der Waals surface area contributed by atoms with Crippen molar-refractivity contribution >= 4 is 11.5 Å². The Balaban J connectivity index is 1.71. The van der Waals surface area contributed by atoms with Crippen LogP contribution in [-0.2, 0) is 0 Å². The smallest absolute Gasteiger partial charge is 0.132 e. The largest absolute Gasteiger partial charge is 0.370 e. The molecule has 0 aliphatic carbocycles. The van der Waals surface area contributed by atoms with E-state index in [0.29, 0.717) is 6.04 Å². The zero-order valence-corrected chi connectivity index (χ0v) is 12.0. The van der Waals surface area contributed by atoms with E-state index >= 15 is 0 Å². The van der Waals surface area contributed by atoms with E-state index < -0.39 is 0 Å². The highest BCUT2D eigenvalue weighted by molar-refractivity contribution is 5.48. The summed E-state index contributed by atoms with van der Waals surface area (Å²) in [4.78, 5) is 13.4. The summed E-state index contributed by atoms with van der Waals surface area (Å²) in [5.41, 5.74) is 1.28. The van der Waals surface area contributed by atoms with Crippen molar-refractivity contribution < 1.29 is 0 Å². The topological polar surface area (TPSA) is 32.3 Å². The average molecular weight is 268 g/mol. The van der Waals surface area contributed by atoms with Crippen LogP contribution < -0.4 is 9.80 Å². The van der Waals surface area contributed by atoms with Crippen molar-refractivity contribution in [1.82, 2.24) is 9.97 Å². The van der Waals surface area contributed by atoms with Crippen LogP contribution >= 0.6 is 0 Å². The summed E-state index contributed by atoms with van der Waals surface area (Å²) in [5.74, 6) is 1.88. The zero-order valence-electron chi connectivity index (χ0n) is 12.0. The van der Waals surface area contributed by atoms with Crippen LogP contribution in [0.15, 0.2) is 42.6 Å². The van der Waals surface area contributed by atoms with Crippen LogP contribution in [-0.4, -0.2) is 36.1 Å². The molecule has 1 aliphatic heterocycles. The van der Waals surface area contributed by atoms with Gasteiger partial charge in [0.1, 0.15) is 11.6 Å². The van der Waals surface area contributed by atoms with Crippen LogP contribution in [0.2, 0.25) is 0 Å². The van der Waals surface area contributed by atoms with Gasteiger partial charge >= 0.3 is 0 Å². The fourth-order valence-electron chi connectivity index (χ4n) is 2.76. The lowest BCUT2D eigenvalue weighted by Crippen LogP contribution is -2.34. The molecule has 0 spiro atoms. The third-order valence-electron chi connectivity index (χ3n) is 3.96. The van der Waals surface area contributed by atoms with Crippen molar-refractivity contribution in [3.63, 3.8) is 0 Å². The Bertz CT molecular complexity index is 570. The molecular weight excluding hydrogens is 248 g/mol. The predicted octanol–water partition coefficient (Wildman–Crippen LogP) is 2.50. The van der Waals surface area contributed by atoms with Crippen LogP contribution in [0.5, 0.6) is 0 Å². The van der Waals surface area contributed by atoms with Gasteiger partial charge in [0.15, 0.2) is 0 Å². The number of hydrogen-bond donors (Lipinski definition) is 0. The molecule has 4 nitrogen and oxygen atoms in total. The summed E-state index contributed by atoms with van der Waals surface area (Å²) < 4.78 is 0. The van der Waals surface area contributed by atoms with Crippen LogP contribution in [0.4, 0.5) is 11.5 Å². The molecule has 1 aliphatic rings. The minimum absolute atomic E-state index is 0.535. The molecule has 2 aromatic rings. The van der Waals surface area contributed by atoms with Gasteiger partial charge in [-0.15, -0.1) is 0 Å². The van der Waals surface area contributed by atoms with Crippen molar-refractivity contribution in [2.75, 3.05) is 29.9 Å². The van der Waals surface area contributed by atoms with Crippen molar-refractivity contribution in [1.29, 1.82) is 0 Å². The molecular formula is C16H20N4. The quantitative estimate of drug-likeness (QED) is 0.856. The lowest BCUT2D eigenvalue weighted by Gasteiger charge is -2.27. The summed E-state index contributed by atoms with van der Waals surface area (Å²) in [6.07, 6.45) is 3.00. The maximum Gasteiger partial charge on any atom is 0.132 e. The van der Waals surface area contributed by atoms with E-state index in [1.165, 1.54) is 5.69 Å². The van der Waals surface area contributed by atoms with Crippen molar-refractivity contribution in [2.24, 2.45) is 0 Å². The van der Waals surface area contributed by atoms with Crippen molar-refractivity contribution in [3.05, 3.63) is 48.4 Å². The summed E-state index contributed by atoms with van der Waals surface area (Å²) in [6.45, 7) is 4.01. The molecule has 1 unspecified atom stereocenters. The Kier molecular flexibility index (Phi) is 3.54. The molecule has 0 radical (unpaired) electrons. The molecule has 0 N–H and O–H groups in total. The standard InChI is InChI=1S/C16H20N4/c1-13-17-10-8-16(18-13)20-11-9-15(12-20)19(2)14-6-4-3-5-7-14/h3-8,10,15H,9,11-12H2,1-2H3. The molecule has 3 rings (SSSR count). The van der Waals surface area contributed by atoms with Gasteiger partial charge in [0.25, 0.3) is 0 Å². The number of hydrogen-bond acceptors (Lipinski definition) is 4. The second-order valence-corrected chi connectivity index (χ2v) is 5.30. The number of rotatable bonds is 3. The molecule has 1 aromatic heterocycles. The van der Waals surface area contributed by atoms with Gasteiger partial charge in [-0.3, -0.25) is 0 Å². The van der Waals surface area contributed by atoms with Gasteiger partial charge in [0, 0.05) is 38.1 Å². The number of para-hydroxylation sites is 1. The van der Waals surface area contributed by atoms with Gasteiger partial charge in [0.2, 0.25) is 0 Å². The third kappa shape index (κ3) is 2.59. The van der Waals surface area contributed by atoms with Crippen LogP contribution in [0, 0.1) is 6.92 Å². The first-order valence-corrected chi connectivity index (χ1v) is 7.06. The van der Waals surface area contributed by atoms with E-state index in [1.807, 2.05) is 19.2 Å². The van der Waals surface area contributed by atoms with Crippen molar-refractivity contribution in [2.45, 2.75) is 19.4 Å². The zero-order chi connectivity index (χ0) is 13.9. The number of nitrogens with zero attached hydrogens (tertiary/aromatic N) is 4. The third-order valence-corrected chi connectivity index (χ3v) is 3.96. The molecule has 1 saturated heterocycles. The summed E-state index contributed by atoms with van der Waals surface area (Å²) in [5, 5.41) is 0. The minimum atomic E-state index is 0.535. The van der Waals surface area contributed by atoms with Gasteiger partial charge in [-0.25, -0.2) is 9.97 Å². The maximum atomic E-state index is 4.52. The summed E-state index contributed by atoms with van der Waals surface area (Å²) in [7, 11) is 2.18. The first kappa shape index (κ1) is 12.9. The Labute approximate surface area is 120 Å². The average Bonchev–Trinajstić information content (AvgIpc) is 2.97. The Morgan fingerprint density at radius 2 is 2.00 bits per heavy atom. The molecule has 20 heavy (non-hydrogen) atoms. The maximum absolute atomic E-state index is 4.52. The van der Waals surface area contributed by atoms with Crippen LogP contribution in [0.1, 0.15) is 12.2 Å². The Morgan fingerprint density at radius 1 is 1.20 bits per heavy atom. The van der Waals surface area contributed by atoms with Gasteiger partial charge in [0.05, 0.1) is 0 Å². The lowest BCUT2D eigenvalue weighted by atomic mass is 10.2. The first-order valence-electron chi connectivity index (χ1n) is 7.06. The number of anilines is 2. The lowest BCUT2D eigenvalue weighted by molar-refractivity contribution is 0.692. The van der Waals surface area contributed by atoms with E-state index in [-0.39, 0.29) is 0 Å². The van der Waals surface area contributed by atoms with Crippen LogP contribution in [0.3, 0.4) is 0 Å². The van der Waals surface area contributed by atoms with Gasteiger partial charge in [-0.05, 0) is 31.5 Å². The highest BCUT2D eigenvalue weighted by Crippen LogP contribution is 2.24. The predicted molar refractivity (Wildman–Crippen MR) is 82.2 cm³/mol. The van der Waals surface area contributed by atoms with E-state index in [1.54, 1.807) is 0 Å². The highest BCUT2D eigenvalue weighted by Gasteiger charge is 2.26. The Hall–Kier alpha value is -2.10. The Morgan fingerprint density at radius 3 is 2.75 bits per heavy atom. The molecule has 1 aromatic carbocycles. The number of aromatic nitrogens is 2. The number of benzene rings is 1. The molecule has 104 valence electrons. The summed E-state index contributed by atoms with van der Waals surface area (Å²) >= 11 is 0. The second kappa shape index (κ2) is 5.49. The van der Waals surface area contributed by atoms with Crippen molar-refractivity contribution in [3.8, 4) is 0 Å². The SMILES string of the molecule is Cc1nccc(N2CCC(N(C)c3ccccc3)C2)n1. The highest BCUT2D eigenvalue weighted by atomic mass is 15.3.